The van der Waals surface area contributed by atoms with Gasteiger partial charge in [0.15, 0.2) is 0 Å². The Morgan fingerprint density at radius 3 is 2.55 bits per heavy atom. The van der Waals surface area contributed by atoms with Gasteiger partial charge in [0.2, 0.25) is 11.8 Å². The number of carbonyl (C=O) groups excluding carboxylic acids is 3. The highest BCUT2D eigenvalue weighted by molar-refractivity contribution is 6.04. The molecule has 8 nitrogen and oxygen atoms in total. The fourth-order valence-corrected chi connectivity index (χ4v) is 6.32. The van der Waals surface area contributed by atoms with Crippen LogP contribution in [-0.2, 0) is 22.4 Å². The van der Waals surface area contributed by atoms with E-state index in [0.29, 0.717) is 31.4 Å². The number of fused-ring (bicyclic) bond motifs is 7. The zero-order valence-corrected chi connectivity index (χ0v) is 24.1. The van der Waals surface area contributed by atoms with Crippen molar-refractivity contribution in [3.05, 3.63) is 101 Å². The molecule has 3 amide bonds. The molecule has 4 aromatic rings. The van der Waals surface area contributed by atoms with Gasteiger partial charge >= 0.3 is 0 Å². The summed E-state index contributed by atoms with van der Waals surface area (Å²) in [5, 5.41) is 7.13. The van der Waals surface area contributed by atoms with Gasteiger partial charge < -0.3 is 25.3 Å². The summed E-state index contributed by atoms with van der Waals surface area (Å²) in [5.74, 6) is -0.00441. The minimum atomic E-state index is -0.750. The molecule has 3 heterocycles. The summed E-state index contributed by atoms with van der Waals surface area (Å²) in [4.78, 5) is 46.5. The van der Waals surface area contributed by atoms with Gasteiger partial charge in [0.05, 0.1) is 13.2 Å². The Kier molecular flexibility index (Phi) is 7.45. The van der Waals surface area contributed by atoms with Crippen LogP contribution < -0.4 is 15.4 Å². The van der Waals surface area contributed by atoms with Gasteiger partial charge in [0.25, 0.3) is 5.91 Å². The SMILES string of the molecule is CC[C@H](C)[C@H](NC(=O)[C@@H]1Cc2c([nH]c3ccccc23)[C@@H]2c3ccccc3C(=O)N21)C(=O)NCCc1ccc(OC)cc1. The zero-order valence-electron chi connectivity index (χ0n) is 24.1. The first kappa shape index (κ1) is 27.6. The maximum Gasteiger partial charge on any atom is 0.255 e. The molecule has 3 aromatic carbocycles. The van der Waals surface area contributed by atoms with Crippen molar-refractivity contribution in [2.45, 2.75) is 51.2 Å². The largest absolute Gasteiger partial charge is 0.497 e. The van der Waals surface area contributed by atoms with E-state index in [2.05, 4.69) is 21.7 Å². The topological polar surface area (TPSA) is 104 Å². The molecule has 0 aliphatic carbocycles. The molecule has 0 radical (unpaired) electrons. The third-order valence-electron chi connectivity index (χ3n) is 8.82. The van der Waals surface area contributed by atoms with E-state index in [1.165, 1.54) is 0 Å². The number of nitrogens with zero attached hydrogens (tertiary/aromatic N) is 1. The van der Waals surface area contributed by atoms with Crippen LogP contribution in [0.3, 0.4) is 0 Å². The van der Waals surface area contributed by atoms with Crippen molar-refractivity contribution in [3.63, 3.8) is 0 Å². The van der Waals surface area contributed by atoms with E-state index in [4.69, 9.17) is 4.74 Å². The number of aromatic amines is 1. The smallest absolute Gasteiger partial charge is 0.255 e. The van der Waals surface area contributed by atoms with Crippen LogP contribution in [0.4, 0.5) is 0 Å². The molecule has 4 atom stereocenters. The van der Waals surface area contributed by atoms with Gasteiger partial charge in [0.1, 0.15) is 17.8 Å². The first-order valence-corrected chi connectivity index (χ1v) is 14.6. The molecule has 2 aliphatic heterocycles. The maximum atomic E-state index is 14.1. The Bertz CT molecular complexity index is 1640. The van der Waals surface area contributed by atoms with E-state index in [9.17, 15) is 14.4 Å². The number of hydrogen-bond acceptors (Lipinski definition) is 4. The van der Waals surface area contributed by atoms with Gasteiger partial charge in [-0.2, -0.15) is 0 Å². The molecular formula is C34H36N4O4. The second-order valence-electron chi connectivity index (χ2n) is 11.2. The van der Waals surface area contributed by atoms with Gasteiger partial charge in [0, 0.05) is 35.1 Å². The quantitative estimate of drug-likeness (QED) is 0.278. The number of carbonyl (C=O) groups is 3. The lowest BCUT2D eigenvalue weighted by atomic mass is 9.89. The van der Waals surface area contributed by atoms with Crippen LogP contribution in [-0.4, -0.2) is 53.3 Å². The molecule has 8 heteroatoms. The number of benzene rings is 3. The molecule has 3 N–H and O–H groups in total. The Hall–Kier alpha value is -4.59. The number of nitrogens with one attached hydrogen (secondary N) is 3. The van der Waals surface area contributed by atoms with Gasteiger partial charge in [-0.1, -0.05) is 68.8 Å². The number of aromatic nitrogens is 1. The summed E-state index contributed by atoms with van der Waals surface area (Å²) in [6.45, 7) is 4.41. The lowest BCUT2D eigenvalue weighted by Crippen LogP contribution is -2.58. The minimum absolute atomic E-state index is 0.0931. The van der Waals surface area contributed by atoms with Gasteiger partial charge in [-0.15, -0.1) is 0 Å². The predicted octanol–water partition coefficient (Wildman–Crippen LogP) is 4.54. The molecule has 2 aliphatic rings. The first-order valence-electron chi connectivity index (χ1n) is 14.6. The Morgan fingerprint density at radius 1 is 1.05 bits per heavy atom. The molecule has 0 fully saturated rings. The molecule has 6 rings (SSSR count). The van der Waals surface area contributed by atoms with Crippen molar-refractivity contribution in [1.82, 2.24) is 20.5 Å². The van der Waals surface area contributed by atoms with Crippen LogP contribution in [0.5, 0.6) is 5.75 Å². The zero-order chi connectivity index (χ0) is 29.4. The monoisotopic (exact) mass is 564 g/mol. The molecule has 1 aromatic heterocycles. The van der Waals surface area contributed by atoms with Crippen molar-refractivity contribution in [2.24, 2.45) is 5.92 Å². The van der Waals surface area contributed by atoms with Crippen LogP contribution in [0.15, 0.2) is 72.8 Å². The van der Waals surface area contributed by atoms with Crippen molar-refractivity contribution < 1.29 is 19.1 Å². The third kappa shape index (κ3) is 4.81. The number of amides is 3. The molecule has 0 saturated heterocycles. The second kappa shape index (κ2) is 11.4. The fraction of sp³-hybridized carbons (Fsp3) is 0.324. The van der Waals surface area contributed by atoms with Crippen molar-refractivity contribution >= 4 is 28.6 Å². The standard InChI is InChI=1S/C34H36N4O4/c1-4-20(2)29(33(40)35-18-17-21-13-15-22(42-3)16-14-21)37-32(39)28-19-26-23-9-7-8-12-27(23)36-30(26)31-24-10-5-6-11-25(24)34(41)38(28)31/h5-16,20,28-29,31,36H,4,17-19H2,1-3H3,(H,35,40)(H,37,39)/t20-,28-,29-,31-/m0/s1. The Balaban J connectivity index is 1.24. The van der Waals surface area contributed by atoms with Crippen LogP contribution in [0.1, 0.15) is 59.1 Å². The van der Waals surface area contributed by atoms with Crippen molar-refractivity contribution in [2.75, 3.05) is 13.7 Å². The van der Waals surface area contributed by atoms with E-state index in [1.54, 1.807) is 12.0 Å². The van der Waals surface area contributed by atoms with Gasteiger partial charge in [-0.25, -0.2) is 0 Å². The van der Waals surface area contributed by atoms with Gasteiger partial charge in [-0.3, -0.25) is 14.4 Å². The molecule has 0 bridgehead atoms. The number of rotatable bonds is 9. The van der Waals surface area contributed by atoms with E-state index in [1.807, 2.05) is 80.6 Å². The summed E-state index contributed by atoms with van der Waals surface area (Å²) in [7, 11) is 1.63. The van der Waals surface area contributed by atoms with E-state index < -0.39 is 12.1 Å². The highest BCUT2D eigenvalue weighted by Gasteiger charge is 2.49. The van der Waals surface area contributed by atoms with Gasteiger partial charge in [-0.05, 0) is 53.3 Å². The fourth-order valence-electron chi connectivity index (χ4n) is 6.32. The lowest BCUT2D eigenvalue weighted by Gasteiger charge is -2.38. The van der Waals surface area contributed by atoms with Crippen LogP contribution >= 0.6 is 0 Å². The number of H-pyrrole nitrogens is 1. The molecule has 0 unspecified atom stereocenters. The van der Waals surface area contributed by atoms with E-state index in [0.717, 1.165) is 39.0 Å². The van der Waals surface area contributed by atoms with E-state index in [-0.39, 0.29) is 29.7 Å². The van der Waals surface area contributed by atoms with E-state index >= 15 is 0 Å². The highest BCUT2D eigenvalue weighted by atomic mass is 16.5. The summed E-state index contributed by atoms with van der Waals surface area (Å²) < 4.78 is 5.22. The number of methoxy groups -OCH3 is 1. The van der Waals surface area contributed by atoms with Crippen molar-refractivity contribution in [3.8, 4) is 5.75 Å². The normalized spacial score (nSPS) is 18.5. The number of hydrogen-bond donors (Lipinski definition) is 3. The average Bonchev–Trinajstić information content (AvgIpc) is 3.54. The predicted molar refractivity (Wildman–Crippen MR) is 161 cm³/mol. The summed E-state index contributed by atoms with van der Waals surface area (Å²) in [6.07, 6.45) is 1.74. The Labute approximate surface area is 245 Å². The summed E-state index contributed by atoms with van der Waals surface area (Å²) in [6, 6.07) is 21.5. The third-order valence-corrected chi connectivity index (χ3v) is 8.82. The highest BCUT2D eigenvalue weighted by Crippen LogP contribution is 2.46. The average molecular weight is 565 g/mol. The molecule has 0 saturated carbocycles. The van der Waals surface area contributed by atoms with Crippen LogP contribution in [0.2, 0.25) is 0 Å². The maximum absolute atomic E-state index is 14.1. The second-order valence-corrected chi connectivity index (χ2v) is 11.2. The van der Waals surface area contributed by atoms with Crippen LogP contribution in [0, 0.1) is 5.92 Å². The molecule has 42 heavy (non-hydrogen) atoms. The number of ether oxygens (including phenoxy) is 1. The van der Waals surface area contributed by atoms with Crippen LogP contribution in [0.25, 0.3) is 10.9 Å². The van der Waals surface area contributed by atoms with Crippen molar-refractivity contribution in [1.29, 1.82) is 0 Å². The molecular weight excluding hydrogens is 528 g/mol. The number of para-hydroxylation sites is 1. The first-order chi connectivity index (χ1) is 20.4. The molecule has 216 valence electrons. The summed E-state index contributed by atoms with van der Waals surface area (Å²) in [5.41, 5.74) is 5.56. The minimum Gasteiger partial charge on any atom is -0.497 e. The lowest BCUT2D eigenvalue weighted by molar-refractivity contribution is -0.133. The molecule has 0 spiro atoms. The summed E-state index contributed by atoms with van der Waals surface area (Å²) >= 11 is 0. The Morgan fingerprint density at radius 2 is 1.79 bits per heavy atom.